The molecule has 8 heteroatoms. The Labute approximate surface area is 241 Å². The standard InChI is InChI=1S/C33H38N2O6/c1-24(36)35-23-33(18-28(35)32(37)34-2)31(40-21-27-16-10-5-11-17-27)30(39-20-26-14-8-4-9-15-26)29(41-33)22-38-19-25-12-6-3-7-13-25/h3-17,28-31H,18-23H2,1-2H3,(H,34,37)/t28-,29-,30-,31+,33+/m1/s1. The molecule has 1 spiro atoms. The van der Waals surface area contributed by atoms with E-state index in [2.05, 4.69) is 5.32 Å². The van der Waals surface area contributed by atoms with Crippen LogP contribution in [0.25, 0.3) is 0 Å². The third-order valence-electron chi connectivity index (χ3n) is 7.83. The van der Waals surface area contributed by atoms with E-state index in [0.717, 1.165) is 16.7 Å². The van der Waals surface area contributed by atoms with Crippen LogP contribution in [0.4, 0.5) is 0 Å². The molecule has 0 bridgehead atoms. The van der Waals surface area contributed by atoms with E-state index in [1.165, 1.54) is 6.92 Å². The van der Waals surface area contributed by atoms with E-state index in [1.807, 2.05) is 91.0 Å². The van der Waals surface area contributed by atoms with Gasteiger partial charge in [0.05, 0.1) is 33.0 Å². The van der Waals surface area contributed by atoms with Crippen LogP contribution in [0, 0.1) is 0 Å². The number of hydrogen-bond donors (Lipinski definition) is 1. The molecule has 2 aliphatic rings. The van der Waals surface area contributed by atoms with E-state index >= 15 is 0 Å². The maximum atomic E-state index is 12.9. The van der Waals surface area contributed by atoms with Crippen LogP contribution >= 0.6 is 0 Å². The molecule has 3 aromatic rings. The van der Waals surface area contributed by atoms with Crippen molar-refractivity contribution in [1.29, 1.82) is 0 Å². The number of amides is 2. The second kappa shape index (κ2) is 13.4. The minimum atomic E-state index is -0.945. The lowest BCUT2D eigenvalue weighted by Crippen LogP contribution is -2.48. The molecular weight excluding hydrogens is 520 g/mol. The summed E-state index contributed by atoms with van der Waals surface area (Å²) in [5.41, 5.74) is 2.15. The highest BCUT2D eigenvalue weighted by Gasteiger charge is 2.62. The molecule has 5 rings (SSSR count). The quantitative estimate of drug-likeness (QED) is 0.385. The van der Waals surface area contributed by atoms with Crippen molar-refractivity contribution in [3.05, 3.63) is 108 Å². The molecule has 3 aromatic carbocycles. The van der Waals surface area contributed by atoms with E-state index in [0.29, 0.717) is 26.2 Å². The number of carbonyl (C=O) groups is 2. The summed E-state index contributed by atoms with van der Waals surface area (Å²) in [6.07, 6.45) is -1.22. The number of carbonyl (C=O) groups excluding carboxylic acids is 2. The number of likely N-dealkylation sites (tertiary alicyclic amines) is 1. The second-order valence-electron chi connectivity index (χ2n) is 10.7. The SMILES string of the molecule is CNC(=O)[C@H]1C[C@@]2(CN1C(C)=O)O[C@H](COCc1ccccc1)[C@@H](OCc1ccccc1)[C@@H]2OCc1ccccc1. The lowest BCUT2D eigenvalue weighted by molar-refractivity contribution is -0.138. The highest BCUT2D eigenvalue weighted by Crippen LogP contribution is 2.45. The first kappa shape index (κ1) is 29.0. The number of ether oxygens (including phenoxy) is 4. The third kappa shape index (κ3) is 6.85. The Bertz CT molecular complexity index is 1270. The third-order valence-corrected chi connectivity index (χ3v) is 7.83. The molecule has 8 nitrogen and oxygen atoms in total. The van der Waals surface area contributed by atoms with Crippen LogP contribution in [0.5, 0.6) is 0 Å². The molecule has 0 radical (unpaired) electrons. The van der Waals surface area contributed by atoms with Gasteiger partial charge < -0.3 is 29.2 Å². The fourth-order valence-electron chi connectivity index (χ4n) is 5.82. The zero-order valence-corrected chi connectivity index (χ0v) is 23.6. The summed E-state index contributed by atoms with van der Waals surface area (Å²) in [6, 6.07) is 29.2. The largest absolute Gasteiger partial charge is 0.374 e. The summed E-state index contributed by atoms with van der Waals surface area (Å²) in [6.45, 7) is 3.10. The normalized spacial score (nSPS) is 25.5. The Kier molecular flexibility index (Phi) is 9.46. The number of nitrogens with zero attached hydrogens (tertiary/aromatic N) is 1. The minimum absolute atomic E-state index is 0.189. The molecule has 0 saturated carbocycles. The van der Waals surface area contributed by atoms with Crippen molar-refractivity contribution in [2.24, 2.45) is 0 Å². The first-order valence-electron chi connectivity index (χ1n) is 14.1. The van der Waals surface area contributed by atoms with Crippen LogP contribution in [-0.2, 0) is 48.4 Å². The predicted octanol–water partition coefficient (Wildman–Crippen LogP) is 3.88. The van der Waals surface area contributed by atoms with Crippen molar-refractivity contribution < 1.29 is 28.5 Å². The maximum Gasteiger partial charge on any atom is 0.242 e. The summed E-state index contributed by atoms with van der Waals surface area (Å²) in [5, 5.41) is 2.71. The van der Waals surface area contributed by atoms with Gasteiger partial charge in [0.25, 0.3) is 0 Å². The number of likely N-dealkylation sites (N-methyl/N-ethyl adjacent to an activating group) is 1. The van der Waals surface area contributed by atoms with E-state index < -0.39 is 30.0 Å². The summed E-state index contributed by atoms with van der Waals surface area (Å²) in [5.74, 6) is -0.417. The molecular formula is C33H38N2O6. The number of rotatable bonds is 11. The Balaban J connectivity index is 1.43. The predicted molar refractivity (Wildman–Crippen MR) is 154 cm³/mol. The van der Waals surface area contributed by atoms with Crippen LogP contribution in [0.15, 0.2) is 91.0 Å². The second-order valence-corrected chi connectivity index (χ2v) is 10.7. The van der Waals surface area contributed by atoms with E-state index in [-0.39, 0.29) is 25.0 Å². The summed E-state index contributed by atoms with van der Waals surface area (Å²) in [7, 11) is 1.58. The average molecular weight is 559 g/mol. The van der Waals surface area contributed by atoms with E-state index in [1.54, 1.807) is 11.9 Å². The molecule has 41 heavy (non-hydrogen) atoms. The van der Waals surface area contributed by atoms with Gasteiger partial charge in [-0.15, -0.1) is 0 Å². The minimum Gasteiger partial charge on any atom is -0.374 e. The smallest absolute Gasteiger partial charge is 0.242 e. The van der Waals surface area contributed by atoms with Gasteiger partial charge in [-0.2, -0.15) is 0 Å². The molecule has 2 amide bonds. The maximum absolute atomic E-state index is 12.9. The fourth-order valence-corrected chi connectivity index (χ4v) is 5.82. The van der Waals surface area contributed by atoms with Crippen molar-refractivity contribution in [1.82, 2.24) is 10.2 Å². The first-order valence-corrected chi connectivity index (χ1v) is 14.1. The Morgan fingerprint density at radius 1 is 0.854 bits per heavy atom. The van der Waals surface area contributed by atoms with Gasteiger partial charge in [0.2, 0.25) is 11.8 Å². The van der Waals surface area contributed by atoms with E-state index in [4.69, 9.17) is 18.9 Å². The van der Waals surface area contributed by atoms with Gasteiger partial charge in [0, 0.05) is 20.4 Å². The molecule has 2 saturated heterocycles. The van der Waals surface area contributed by atoms with Crippen LogP contribution in [0.1, 0.15) is 30.0 Å². The van der Waals surface area contributed by atoms with Gasteiger partial charge in [0.15, 0.2) is 0 Å². The number of benzene rings is 3. The average Bonchev–Trinajstić information content (AvgIpc) is 3.53. The van der Waals surface area contributed by atoms with Gasteiger partial charge in [-0.1, -0.05) is 91.0 Å². The van der Waals surface area contributed by atoms with E-state index in [9.17, 15) is 9.59 Å². The lowest BCUT2D eigenvalue weighted by Gasteiger charge is -2.31. The van der Waals surface area contributed by atoms with Crippen molar-refractivity contribution in [2.75, 3.05) is 20.2 Å². The zero-order valence-electron chi connectivity index (χ0n) is 23.6. The topological polar surface area (TPSA) is 86.3 Å². The molecule has 0 aromatic heterocycles. The lowest BCUT2D eigenvalue weighted by atomic mass is 9.91. The Morgan fingerprint density at radius 2 is 1.39 bits per heavy atom. The van der Waals surface area contributed by atoms with Crippen molar-refractivity contribution in [3.8, 4) is 0 Å². The van der Waals surface area contributed by atoms with Gasteiger partial charge in [-0.25, -0.2) is 0 Å². The molecule has 2 heterocycles. The van der Waals surface area contributed by atoms with Crippen LogP contribution in [-0.4, -0.2) is 66.9 Å². The van der Waals surface area contributed by atoms with Gasteiger partial charge in [-0.3, -0.25) is 9.59 Å². The summed E-state index contributed by atoms with van der Waals surface area (Å²) in [4.78, 5) is 27.2. The van der Waals surface area contributed by atoms with Gasteiger partial charge >= 0.3 is 0 Å². The highest BCUT2D eigenvalue weighted by atomic mass is 16.6. The molecule has 2 fully saturated rings. The summed E-state index contributed by atoms with van der Waals surface area (Å²) >= 11 is 0. The molecule has 0 aliphatic carbocycles. The fraction of sp³-hybridized carbons (Fsp3) is 0.394. The van der Waals surface area contributed by atoms with Gasteiger partial charge in [-0.05, 0) is 16.7 Å². The van der Waals surface area contributed by atoms with Crippen LogP contribution in [0.2, 0.25) is 0 Å². The van der Waals surface area contributed by atoms with Crippen LogP contribution in [0.3, 0.4) is 0 Å². The molecule has 1 N–H and O–H groups in total. The van der Waals surface area contributed by atoms with Crippen molar-refractivity contribution in [2.45, 2.75) is 63.1 Å². The molecule has 216 valence electrons. The number of hydrogen-bond acceptors (Lipinski definition) is 6. The molecule has 2 aliphatic heterocycles. The first-order chi connectivity index (χ1) is 20.0. The number of nitrogens with one attached hydrogen (secondary N) is 1. The molecule has 0 unspecified atom stereocenters. The summed E-state index contributed by atoms with van der Waals surface area (Å²) < 4.78 is 26.2. The monoisotopic (exact) mass is 558 g/mol. The van der Waals surface area contributed by atoms with Crippen LogP contribution < -0.4 is 5.32 Å². The van der Waals surface area contributed by atoms with Crippen molar-refractivity contribution >= 4 is 11.8 Å². The Hall–Kier alpha value is -3.56. The highest BCUT2D eigenvalue weighted by molar-refractivity contribution is 5.87. The van der Waals surface area contributed by atoms with Crippen molar-refractivity contribution in [3.63, 3.8) is 0 Å². The zero-order chi connectivity index (χ0) is 28.7. The van der Waals surface area contributed by atoms with Gasteiger partial charge in [0.1, 0.15) is 30.0 Å². The molecule has 5 atom stereocenters. The Morgan fingerprint density at radius 3 is 1.93 bits per heavy atom.